The molecule has 0 amide bonds. The van der Waals surface area contributed by atoms with Gasteiger partial charge in [-0.25, -0.2) is 0 Å². The van der Waals surface area contributed by atoms with Crippen molar-refractivity contribution in [3.8, 4) is 0 Å². The quantitative estimate of drug-likeness (QED) is 0.634. The van der Waals surface area contributed by atoms with E-state index in [9.17, 15) is 0 Å². The van der Waals surface area contributed by atoms with Crippen LogP contribution < -0.4 is 5.32 Å². The Balaban J connectivity index is 1.79. The molecule has 2 nitrogen and oxygen atoms in total. The molecule has 2 N–H and O–H groups in total. The lowest BCUT2D eigenvalue weighted by atomic mass is 10.1. The van der Waals surface area contributed by atoms with Crippen LogP contribution in [0.3, 0.4) is 0 Å². The van der Waals surface area contributed by atoms with Gasteiger partial charge >= 0.3 is 0 Å². The van der Waals surface area contributed by atoms with Crippen LogP contribution >= 0.6 is 31.9 Å². The van der Waals surface area contributed by atoms with Gasteiger partial charge in [-0.05, 0) is 63.3 Å². The molecule has 19 heavy (non-hydrogen) atoms. The molecule has 0 aliphatic carbocycles. The number of halogens is 2. The summed E-state index contributed by atoms with van der Waals surface area (Å²) in [6.45, 7) is 0.802. The van der Waals surface area contributed by atoms with Crippen molar-refractivity contribution in [3.63, 3.8) is 0 Å². The summed E-state index contributed by atoms with van der Waals surface area (Å²) in [5, 5.41) is 4.68. The van der Waals surface area contributed by atoms with Crippen LogP contribution in [0.2, 0.25) is 0 Å². The zero-order valence-electron chi connectivity index (χ0n) is 10.1. The monoisotopic (exact) mass is 378 g/mol. The molecular formula is C15H12Br2N2. The molecule has 96 valence electrons. The third-order valence-corrected chi connectivity index (χ3v) is 4.21. The van der Waals surface area contributed by atoms with Crippen molar-refractivity contribution in [1.29, 1.82) is 0 Å². The van der Waals surface area contributed by atoms with Crippen molar-refractivity contribution < 1.29 is 0 Å². The molecule has 0 bridgehead atoms. The molecule has 0 saturated heterocycles. The van der Waals surface area contributed by atoms with Gasteiger partial charge in [0.25, 0.3) is 0 Å². The first-order chi connectivity index (χ1) is 9.22. The van der Waals surface area contributed by atoms with Gasteiger partial charge in [-0.15, -0.1) is 0 Å². The molecule has 4 heteroatoms. The second-order valence-electron chi connectivity index (χ2n) is 4.38. The molecule has 0 radical (unpaired) electrons. The Labute approximate surface area is 128 Å². The van der Waals surface area contributed by atoms with Crippen LogP contribution in [0.1, 0.15) is 5.56 Å². The van der Waals surface area contributed by atoms with Gasteiger partial charge in [0.2, 0.25) is 0 Å². The summed E-state index contributed by atoms with van der Waals surface area (Å²) < 4.78 is 2.14. The number of benzene rings is 2. The van der Waals surface area contributed by atoms with Crippen molar-refractivity contribution in [2.45, 2.75) is 6.54 Å². The van der Waals surface area contributed by atoms with E-state index in [1.165, 1.54) is 16.5 Å². The fourth-order valence-electron chi connectivity index (χ4n) is 2.04. The van der Waals surface area contributed by atoms with Crippen molar-refractivity contribution in [3.05, 3.63) is 63.2 Å². The maximum Gasteiger partial charge on any atom is 0.0498 e. The lowest BCUT2D eigenvalue weighted by Gasteiger charge is -2.09. The summed E-state index contributed by atoms with van der Waals surface area (Å²) in [4.78, 5) is 3.20. The number of anilines is 1. The summed E-state index contributed by atoms with van der Waals surface area (Å²) in [7, 11) is 0. The third-order valence-electron chi connectivity index (χ3n) is 3.03. The predicted octanol–water partition coefficient (Wildman–Crippen LogP) is 5.31. The Morgan fingerprint density at radius 2 is 1.89 bits per heavy atom. The standard InChI is InChI=1S/C15H12Br2N2/c16-12-2-3-13(17)15(8-12)19-9-10-1-4-14-11(7-10)5-6-18-14/h1-8,18-19H,9H2. The number of aromatic nitrogens is 1. The molecule has 0 saturated carbocycles. The van der Waals surface area contributed by atoms with Crippen LogP contribution in [0.4, 0.5) is 5.69 Å². The number of hydrogen-bond donors (Lipinski definition) is 2. The molecular weight excluding hydrogens is 368 g/mol. The number of rotatable bonds is 3. The number of fused-ring (bicyclic) bond motifs is 1. The Hall–Kier alpha value is -1.26. The minimum Gasteiger partial charge on any atom is -0.380 e. The van der Waals surface area contributed by atoms with E-state index in [0.29, 0.717) is 0 Å². The van der Waals surface area contributed by atoms with E-state index in [1.54, 1.807) is 0 Å². The first kappa shape index (κ1) is 12.8. The Bertz CT molecular complexity index is 719. The maximum atomic E-state index is 3.55. The summed E-state index contributed by atoms with van der Waals surface area (Å²) >= 11 is 7.03. The molecule has 0 aliphatic heterocycles. The number of hydrogen-bond acceptors (Lipinski definition) is 1. The van der Waals surface area contributed by atoms with Gasteiger partial charge in [0.05, 0.1) is 0 Å². The number of aromatic amines is 1. The van der Waals surface area contributed by atoms with Gasteiger partial charge in [0.15, 0.2) is 0 Å². The first-order valence-corrected chi connectivity index (χ1v) is 7.56. The van der Waals surface area contributed by atoms with Crippen molar-refractivity contribution in [1.82, 2.24) is 4.98 Å². The maximum absolute atomic E-state index is 3.55. The van der Waals surface area contributed by atoms with Crippen LogP contribution in [-0.4, -0.2) is 4.98 Å². The van der Waals surface area contributed by atoms with Crippen molar-refractivity contribution >= 4 is 48.5 Å². The first-order valence-electron chi connectivity index (χ1n) is 5.97. The number of H-pyrrole nitrogens is 1. The molecule has 0 aliphatic rings. The second-order valence-corrected chi connectivity index (χ2v) is 6.15. The van der Waals surface area contributed by atoms with Crippen LogP contribution in [0.15, 0.2) is 57.6 Å². The van der Waals surface area contributed by atoms with Crippen molar-refractivity contribution in [2.24, 2.45) is 0 Å². The van der Waals surface area contributed by atoms with Crippen LogP contribution in [-0.2, 0) is 6.54 Å². The van der Waals surface area contributed by atoms with E-state index < -0.39 is 0 Å². The topological polar surface area (TPSA) is 27.8 Å². The Morgan fingerprint density at radius 1 is 1.00 bits per heavy atom. The lowest BCUT2D eigenvalue weighted by Crippen LogP contribution is -1.99. The Kier molecular flexibility index (Phi) is 3.62. The van der Waals surface area contributed by atoms with Gasteiger partial charge in [-0.3, -0.25) is 0 Å². The molecule has 3 aromatic rings. The minimum absolute atomic E-state index is 0.802. The molecule has 3 rings (SSSR count). The molecule has 2 aromatic carbocycles. The Morgan fingerprint density at radius 3 is 2.79 bits per heavy atom. The number of nitrogens with one attached hydrogen (secondary N) is 2. The normalized spacial score (nSPS) is 10.8. The summed E-state index contributed by atoms with van der Waals surface area (Å²) in [6, 6.07) is 14.7. The highest BCUT2D eigenvalue weighted by atomic mass is 79.9. The molecule has 1 aromatic heterocycles. The summed E-state index contributed by atoms with van der Waals surface area (Å²) in [6.07, 6.45) is 1.97. The fourth-order valence-corrected chi connectivity index (χ4v) is 2.79. The van der Waals surface area contributed by atoms with Crippen LogP contribution in [0.25, 0.3) is 10.9 Å². The highest BCUT2D eigenvalue weighted by molar-refractivity contribution is 9.11. The van der Waals surface area contributed by atoms with E-state index in [0.717, 1.165) is 21.2 Å². The van der Waals surface area contributed by atoms with E-state index in [4.69, 9.17) is 0 Å². The SMILES string of the molecule is Brc1ccc(Br)c(NCc2ccc3[nH]ccc3c2)c1. The van der Waals surface area contributed by atoms with Gasteiger partial charge in [-0.1, -0.05) is 22.0 Å². The molecule has 0 unspecified atom stereocenters. The van der Waals surface area contributed by atoms with E-state index in [-0.39, 0.29) is 0 Å². The smallest absolute Gasteiger partial charge is 0.0498 e. The molecule has 0 atom stereocenters. The average Bonchev–Trinajstić information content (AvgIpc) is 2.87. The van der Waals surface area contributed by atoms with Gasteiger partial charge in [-0.2, -0.15) is 0 Å². The minimum atomic E-state index is 0.802. The fraction of sp³-hybridized carbons (Fsp3) is 0.0667. The van der Waals surface area contributed by atoms with Gasteiger partial charge in [0.1, 0.15) is 0 Å². The van der Waals surface area contributed by atoms with Gasteiger partial charge in [0, 0.05) is 32.9 Å². The van der Waals surface area contributed by atoms with E-state index >= 15 is 0 Å². The van der Waals surface area contributed by atoms with E-state index in [2.05, 4.69) is 72.5 Å². The average molecular weight is 380 g/mol. The summed E-state index contributed by atoms with van der Waals surface area (Å²) in [5.41, 5.74) is 3.52. The lowest BCUT2D eigenvalue weighted by molar-refractivity contribution is 1.15. The molecule has 0 spiro atoms. The van der Waals surface area contributed by atoms with Crippen molar-refractivity contribution in [2.75, 3.05) is 5.32 Å². The van der Waals surface area contributed by atoms with Crippen LogP contribution in [0.5, 0.6) is 0 Å². The van der Waals surface area contributed by atoms with Gasteiger partial charge < -0.3 is 10.3 Å². The zero-order valence-corrected chi connectivity index (χ0v) is 13.3. The predicted molar refractivity (Wildman–Crippen MR) is 87.5 cm³/mol. The molecule has 1 heterocycles. The van der Waals surface area contributed by atoms with E-state index in [1.807, 2.05) is 18.3 Å². The largest absolute Gasteiger partial charge is 0.380 e. The second kappa shape index (κ2) is 5.39. The zero-order chi connectivity index (χ0) is 13.2. The highest BCUT2D eigenvalue weighted by Gasteiger charge is 2.01. The summed E-state index contributed by atoms with van der Waals surface area (Å²) in [5.74, 6) is 0. The van der Waals surface area contributed by atoms with Crippen LogP contribution in [0, 0.1) is 0 Å². The highest BCUT2D eigenvalue weighted by Crippen LogP contribution is 2.26. The third kappa shape index (κ3) is 2.85. The molecule has 0 fully saturated rings.